The SMILES string of the molecule is Cc1ccc(S(=O)OC(C)CC(C)Br)cc1. The number of hydrogen-bond acceptors (Lipinski definition) is 2. The third kappa shape index (κ3) is 4.76. The summed E-state index contributed by atoms with van der Waals surface area (Å²) in [6, 6.07) is 7.56. The number of alkyl halides is 1. The number of aryl methyl sites for hydroxylation is 1. The van der Waals surface area contributed by atoms with Crippen molar-refractivity contribution in [3.8, 4) is 0 Å². The van der Waals surface area contributed by atoms with Crippen molar-refractivity contribution in [3.05, 3.63) is 29.8 Å². The average Bonchev–Trinajstić information content (AvgIpc) is 2.16. The molecule has 0 aromatic heterocycles. The normalized spacial score (nSPS) is 16.8. The van der Waals surface area contributed by atoms with Gasteiger partial charge >= 0.3 is 0 Å². The van der Waals surface area contributed by atoms with Gasteiger partial charge in [-0.2, -0.15) is 0 Å². The van der Waals surface area contributed by atoms with Crippen molar-refractivity contribution in [2.45, 2.75) is 43.0 Å². The summed E-state index contributed by atoms with van der Waals surface area (Å²) in [7, 11) is 0. The van der Waals surface area contributed by atoms with Crippen LogP contribution in [0.4, 0.5) is 0 Å². The van der Waals surface area contributed by atoms with Gasteiger partial charge < -0.3 is 0 Å². The van der Waals surface area contributed by atoms with Gasteiger partial charge in [0, 0.05) is 4.83 Å². The lowest BCUT2D eigenvalue weighted by Gasteiger charge is -2.13. The Morgan fingerprint density at radius 2 is 1.88 bits per heavy atom. The van der Waals surface area contributed by atoms with Crippen molar-refractivity contribution in [2.75, 3.05) is 0 Å². The lowest BCUT2D eigenvalue weighted by Crippen LogP contribution is -2.14. The molecule has 3 unspecified atom stereocenters. The van der Waals surface area contributed by atoms with Crippen LogP contribution in [0.2, 0.25) is 0 Å². The first-order valence-corrected chi connectivity index (χ1v) is 7.27. The van der Waals surface area contributed by atoms with E-state index in [1.807, 2.05) is 38.1 Å². The Bertz CT molecular complexity index is 349. The molecular weight excluding hydrogens is 288 g/mol. The highest BCUT2D eigenvalue weighted by atomic mass is 79.9. The molecule has 0 aliphatic heterocycles. The van der Waals surface area contributed by atoms with Crippen LogP contribution in [0.5, 0.6) is 0 Å². The molecule has 16 heavy (non-hydrogen) atoms. The van der Waals surface area contributed by atoms with E-state index >= 15 is 0 Å². The van der Waals surface area contributed by atoms with E-state index in [0.717, 1.165) is 16.9 Å². The Balaban J connectivity index is 2.55. The number of halogens is 1. The van der Waals surface area contributed by atoms with E-state index in [2.05, 4.69) is 22.9 Å². The van der Waals surface area contributed by atoms with Gasteiger partial charge in [-0.05, 0) is 32.4 Å². The molecule has 1 aromatic rings. The zero-order valence-electron chi connectivity index (χ0n) is 9.77. The van der Waals surface area contributed by atoms with Gasteiger partial charge in [0.05, 0.1) is 11.0 Å². The van der Waals surface area contributed by atoms with Crippen molar-refractivity contribution >= 4 is 27.0 Å². The molecule has 0 saturated carbocycles. The third-order valence-corrected chi connectivity index (χ3v) is 3.66. The van der Waals surface area contributed by atoms with E-state index in [0.29, 0.717) is 4.83 Å². The van der Waals surface area contributed by atoms with Crippen LogP contribution in [0, 0.1) is 6.92 Å². The molecule has 0 amide bonds. The number of hydrogen-bond donors (Lipinski definition) is 0. The molecule has 0 aliphatic carbocycles. The lowest BCUT2D eigenvalue weighted by atomic mass is 10.2. The Hall–Kier alpha value is -0.190. The molecule has 0 saturated heterocycles. The quantitative estimate of drug-likeness (QED) is 0.777. The van der Waals surface area contributed by atoms with Crippen molar-refractivity contribution < 1.29 is 8.39 Å². The molecule has 4 heteroatoms. The fourth-order valence-corrected chi connectivity index (χ4v) is 2.72. The molecule has 1 aromatic carbocycles. The summed E-state index contributed by atoms with van der Waals surface area (Å²) in [6.45, 7) is 5.99. The predicted octanol–water partition coefficient (Wildman–Crippen LogP) is 3.60. The van der Waals surface area contributed by atoms with Crippen molar-refractivity contribution in [2.24, 2.45) is 0 Å². The second-order valence-corrected chi connectivity index (χ2v) is 6.67. The maximum Gasteiger partial charge on any atom is 0.189 e. The highest BCUT2D eigenvalue weighted by molar-refractivity contribution is 9.09. The maximum absolute atomic E-state index is 11.8. The summed E-state index contributed by atoms with van der Waals surface area (Å²) in [4.78, 5) is 1.09. The summed E-state index contributed by atoms with van der Waals surface area (Å²) in [5, 5.41) is 0. The lowest BCUT2D eigenvalue weighted by molar-refractivity contribution is 0.237. The molecule has 0 fully saturated rings. The van der Waals surface area contributed by atoms with Gasteiger partial charge in [-0.15, -0.1) is 0 Å². The standard InChI is InChI=1S/C12H17BrO2S/c1-9-4-6-12(7-5-9)16(14)15-11(3)8-10(2)13/h4-7,10-11H,8H2,1-3H3. The van der Waals surface area contributed by atoms with Gasteiger partial charge in [-0.3, -0.25) is 4.18 Å². The fraction of sp³-hybridized carbons (Fsp3) is 0.500. The van der Waals surface area contributed by atoms with Crippen LogP contribution in [0.1, 0.15) is 25.8 Å². The summed E-state index contributed by atoms with van der Waals surface area (Å²) < 4.78 is 17.3. The second-order valence-electron chi connectivity index (χ2n) is 3.97. The van der Waals surface area contributed by atoms with E-state index in [1.165, 1.54) is 0 Å². The zero-order valence-corrected chi connectivity index (χ0v) is 12.2. The monoisotopic (exact) mass is 304 g/mol. The molecule has 2 nitrogen and oxygen atoms in total. The fourth-order valence-electron chi connectivity index (χ4n) is 1.35. The van der Waals surface area contributed by atoms with E-state index in [4.69, 9.17) is 4.18 Å². The van der Waals surface area contributed by atoms with E-state index < -0.39 is 11.1 Å². The first-order valence-electron chi connectivity index (χ1n) is 5.28. The minimum absolute atomic E-state index is 0.0171. The Morgan fingerprint density at radius 3 is 2.38 bits per heavy atom. The van der Waals surface area contributed by atoms with Crippen molar-refractivity contribution in [1.82, 2.24) is 0 Å². The van der Waals surface area contributed by atoms with E-state index in [9.17, 15) is 4.21 Å². The molecule has 1 rings (SSSR count). The van der Waals surface area contributed by atoms with Crippen molar-refractivity contribution in [3.63, 3.8) is 0 Å². The van der Waals surface area contributed by atoms with Crippen LogP contribution < -0.4 is 0 Å². The van der Waals surface area contributed by atoms with Gasteiger partial charge in [-0.25, -0.2) is 4.21 Å². The van der Waals surface area contributed by atoms with Crippen LogP contribution in [-0.4, -0.2) is 15.1 Å². The third-order valence-electron chi connectivity index (χ3n) is 2.12. The van der Waals surface area contributed by atoms with E-state index in [1.54, 1.807) is 0 Å². The van der Waals surface area contributed by atoms with E-state index in [-0.39, 0.29) is 6.10 Å². The summed E-state index contributed by atoms with van der Waals surface area (Å²) in [6.07, 6.45) is 0.828. The maximum atomic E-state index is 11.8. The molecule has 0 radical (unpaired) electrons. The van der Waals surface area contributed by atoms with Gasteiger partial charge in [0.25, 0.3) is 0 Å². The summed E-state index contributed by atoms with van der Waals surface area (Å²) in [5.41, 5.74) is 1.16. The smallest absolute Gasteiger partial charge is 0.189 e. The molecule has 0 N–H and O–H groups in total. The summed E-state index contributed by atoms with van der Waals surface area (Å²) >= 11 is 2.09. The van der Waals surface area contributed by atoms with Gasteiger partial charge in [0.2, 0.25) is 0 Å². The highest BCUT2D eigenvalue weighted by Gasteiger charge is 2.12. The van der Waals surface area contributed by atoms with Crippen LogP contribution >= 0.6 is 15.9 Å². The van der Waals surface area contributed by atoms with Crippen LogP contribution in [0.25, 0.3) is 0 Å². The number of rotatable bonds is 5. The predicted molar refractivity (Wildman–Crippen MR) is 71.1 cm³/mol. The Morgan fingerprint density at radius 1 is 1.31 bits per heavy atom. The molecule has 0 aliphatic rings. The first kappa shape index (κ1) is 13.9. The van der Waals surface area contributed by atoms with Gasteiger partial charge in [-0.1, -0.05) is 40.5 Å². The minimum Gasteiger partial charge on any atom is -0.284 e. The van der Waals surface area contributed by atoms with Crippen LogP contribution in [-0.2, 0) is 15.3 Å². The van der Waals surface area contributed by atoms with Crippen LogP contribution in [0.15, 0.2) is 29.2 Å². The molecular formula is C12H17BrO2S. The molecule has 90 valence electrons. The zero-order chi connectivity index (χ0) is 12.1. The first-order chi connectivity index (χ1) is 7.49. The van der Waals surface area contributed by atoms with Crippen molar-refractivity contribution in [1.29, 1.82) is 0 Å². The van der Waals surface area contributed by atoms with Gasteiger partial charge in [0.15, 0.2) is 11.1 Å². The molecule has 0 bridgehead atoms. The molecule has 0 spiro atoms. The highest BCUT2D eigenvalue weighted by Crippen LogP contribution is 2.15. The average molecular weight is 305 g/mol. The Labute approximate surface area is 108 Å². The molecule has 0 heterocycles. The van der Waals surface area contributed by atoms with Gasteiger partial charge in [0.1, 0.15) is 0 Å². The van der Waals surface area contributed by atoms with Crippen LogP contribution in [0.3, 0.4) is 0 Å². The second kappa shape index (κ2) is 6.52. The largest absolute Gasteiger partial charge is 0.284 e. The topological polar surface area (TPSA) is 26.3 Å². The molecule has 3 atom stereocenters. The number of benzene rings is 1. The summed E-state index contributed by atoms with van der Waals surface area (Å²) in [5.74, 6) is 0. The Kier molecular flexibility index (Phi) is 5.66. The minimum atomic E-state index is -1.36.